The molecule has 3 atom stereocenters. The standard InChI is InChI=1S/C21H33N3O/c1-17-15-24(18(2)9-10-20-7-5-4-6-8-20)16-21(17)23-13-11-22(12-14-23)19(3)25/h4-8,17-18,21H,9-16H2,1-3H3/t17-,18+,21-/m1/s1. The third-order valence-electron chi connectivity index (χ3n) is 6.15. The molecular formula is C21H33N3O. The number of carbonyl (C=O) groups excluding carboxylic acids is 1. The van der Waals surface area contributed by atoms with Gasteiger partial charge in [-0.1, -0.05) is 37.3 Å². The quantitative estimate of drug-likeness (QED) is 0.822. The van der Waals surface area contributed by atoms with Crippen LogP contribution in [0.4, 0.5) is 0 Å². The van der Waals surface area contributed by atoms with Crippen LogP contribution >= 0.6 is 0 Å². The Labute approximate surface area is 152 Å². The van der Waals surface area contributed by atoms with Crippen molar-refractivity contribution in [2.45, 2.75) is 45.7 Å². The van der Waals surface area contributed by atoms with Crippen LogP contribution in [0.1, 0.15) is 32.8 Å². The van der Waals surface area contributed by atoms with Crippen LogP contribution in [0.15, 0.2) is 30.3 Å². The Morgan fingerprint density at radius 1 is 1.12 bits per heavy atom. The molecule has 0 saturated carbocycles. The van der Waals surface area contributed by atoms with Crippen LogP contribution in [0.5, 0.6) is 0 Å². The third-order valence-corrected chi connectivity index (χ3v) is 6.15. The number of amides is 1. The van der Waals surface area contributed by atoms with Crippen molar-refractivity contribution in [1.82, 2.24) is 14.7 Å². The highest BCUT2D eigenvalue weighted by Crippen LogP contribution is 2.26. The van der Waals surface area contributed by atoms with Gasteiger partial charge in [0, 0.05) is 58.3 Å². The van der Waals surface area contributed by atoms with Crippen LogP contribution in [0, 0.1) is 5.92 Å². The SMILES string of the molecule is CC(=O)N1CCN([C@@H]2CN([C@@H](C)CCc3ccccc3)C[C@H]2C)CC1. The van der Waals surface area contributed by atoms with E-state index in [1.54, 1.807) is 6.92 Å². The highest BCUT2D eigenvalue weighted by molar-refractivity contribution is 5.73. The van der Waals surface area contributed by atoms with Crippen LogP contribution in [-0.2, 0) is 11.2 Å². The molecule has 2 fully saturated rings. The number of piperazine rings is 1. The molecule has 4 heteroatoms. The van der Waals surface area contributed by atoms with Crippen molar-refractivity contribution in [2.24, 2.45) is 5.92 Å². The minimum absolute atomic E-state index is 0.218. The summed E-state index contributed by atoms with van der Waals surface area (Å²) in [4.78, 5) is 18.8. The zero-order chi connectivity index (χ0) is 17.8. The highest BCUT2D eigenvalue weighted by atomic mass is 16.2. The molecule has 0 aliphatic carbocycles. The van der Waals surface area contributed by atoms with Gasteiger partial charge in [-0.3, -0.25) is 14.6 Å². The van der Waals surface area contributed by atoms with E-state index in [1.165, 1.54) is 25.1 Å². The summed E-state index contributed by atoms with van der Waals surface area (Å²) in [5.74, 6) is 0.929. The zero-order valence-corrected chi connectivity index (χ0v) is 16.0. The maximum atomic E-state index is 11.5. The third kappa shape index (κ3) is 4.62. The number of aryl methyl sites for hydroxylation is 1. The molecule has 138 valence electrons. The molecular weight excluding hydrogens is 310 g/mol. The van der Waals surface area contributed by atoms with E-state index in [2.05, 4.69) is 54.0 Å². The first-order chi connectivity index (χ1) is 12.0. The summed E-state index contributed by atoms with van der Waals surface area (Å²) >= 11 is 0. The van der Waals surface area contributed by atoms with Gasteiger partial charge in [0.2, 0.25) is 5.91 Å². The summed E-state index contributed by atoms with van der Waals surface area (Å²) in [6, 6.07) is 12.1. The summed E-state index contributed by atoms with van der Waals surface area (Å²) in [5.41, 5.74) is 1.44. The fourth-order valence-corrected chi connectivity index (χ4v) is 4.39. The molecule has 3 rings (SSSR count). The Balaban J connectivity index is 1.48. The maximum Gasteiger partial charge on any atom is 0.219 e. The van der Waals surface area contributed by atoms with E-state index in [1.807, 2.05) is 4.90 Å². The summed E-state index contributed by atoms with van der Waals surface area (Å²) in [6.07, 6.45) is 2.39. The second-order valence-corrected chi connectivity index (χ2v) is 7.91. The lowest BCUT2D eigenvalue weighted by Gasteiger charge is -2.39. The number of carbonyl (C=O) groups is 1. The number of hydrogen-bond donors (Lipinski definition) is 0. The predicted molar refractivity (Wildman–Crippen MR) is 103 cm³/mol. The number of rotatable bonds is 5. The Hall–Kier alpha value is -1.39. The van der Waals surface area contributed by atoms with Gasteiger partial charge in [0.25, 0.3) is 0 Å². The minimum atomic E-state index is 0.218. The Morgan fingerprint density at radius 2 is 1.80 bits per heavy atom. The lowest BCUT2D eigenvalue weighted by molar-refractivity contribution is -0.130. The largest absolute Gasteiger partial charge is 0.340 e. The monoisotopic (exact) mass is 343 g/mol. The summed E-state index contributed by atoms with van der Waals surface area (Å²) in [7, 11) is 0. The normalized spacial score (nSPS) is 26.8. The Kier molecular flexibility index (Phi) is 6.13. The first-order valence-electron chi connectivity index (χ1n) is 9.82. The second-order valence-electron chi connectivity index (χ2n) is 7.91. The molecule has 0 unspecified atom stereocenters. The van der Waals surface area contributed by atoms with Gasteiger partial charge >= 0.3 is 0 Å². The Morgan fingerprint density at radius 3 is 2.44 bits per heavy atom. The molecule has 2 saturated heterocycles. The van der Waals surface area contributed by atoms with Gasteiger partial charge in [0.05, 0.1) is 0 Å². The van der Waals surface area contributed by atoms with Crippen molar-refractivity contribution in [3.8, 4) is 0 Å². The minimum Gasteiger partial charge on any atom is -0.340 e. The lowest BCUT2D eigenvalue weighted by Crippen LogP contribution is -2.53. The molecule has 2 aliphatic rings. The van der Waals surface area contributed by atoms with Gasteiger partial charge in [-0.25, -0.2) is 0 Å². The molecule has 0 bridgehead atoms. The molecule has 1 amide bonds. The van der Waals surface area contributed by atoms with E-state index in [-0.39, 0.29) is 5.91 Å². The van der Waals surface area contributed by atoms with Gasteiger partial charge in [-0.2, -0.15) is 0 Å². The summed E-state index contributed by atoms with van der Waals surface area (Å²) in [6.45, 7) is 12.7. The van der Waals surface area contributed by atoms with E-state index < -0.39 is 0 Å². The summed E-state index contributed by atoms with van der Waals surface area (Å²) in [5, 5.41) is 0. The van der Waals surface area contributed by atoms with E-state index >= 15 is 0 Å². The van der Waals surface area contributed by atoms with Gasteiger partial charge in [-0.05, 0) is 31.2 Å². The molecule has 1 aromatic rings. The number of likely N-dealkylation sites (tertiary alicyclic amines) is 1. The lowest BCUT2D eigenvalue weighted by atomic mass is 10.0. The smallest absolute Gasteiger partial charge is 0.219 e. The van der Waals surface area contributed by atoms with Crippen molar-refractivity contribution >= 4 is 5.91 Å². The van der Waals surface area contributed by atoms with E-state index in [0.29, 0.717) is 18.0 Å². The summed E-state index contributed by atoms with van der Waals surface area (Å²) < 4.78 is 0. The fourth-order valence-electron chi connectivity index (χ4n) is 4.39. The average molecular weight is 344 g/mol. The van der Waals surface area contributed by atoms with E-state index in [4.69, 9.17) is 0 Å². The van der Waals surface area contributed by atoms with Gasteiger partial charge < -0.3 is 4.90 Å². The first-order valence-corrected chi connectivity index (χ1v) is 9.82. The second kappa shape index (κ2) is 8.33. The van der Waals surface area contributed by atoms with Crippen LogP contribution in [-0.4, -0.2) is 72.0 Å². The van der Waals surface area contributed by atoms with Crippen molar-refractivity contribution in [1.29, 1.82) is 0 Å². The molecule has 2 heterocycles. The molecule has 0 radical (unpaired) electrons. The van der Waals surface area contributed by atoms with Crippen LogP contribution in [0.25, 0.3) is 0 Å². The molecule has 2 aliphatic heterocycles. The first kappa shape index (κ1) is 18.4. The number of benzene rings is 1. The zero-order valence-electron chi connectivity index (χ0n) is 16.0. The van der Waals surface area contributed by atoms with Gasteiger partial charge in [0.1, 0.15) is 0 Å². The van der Waals surface area contributed by atoms with Crippen LogP contribution in [0.3, 0.4) is 0 Å². The van der Waals surface area contributed by atoms with Crippen molar-refractivity contribution in [3.63, 3.8) is 0 Å². The fraction of sp³-hybridized carbons (Fsp3) is 0.667. The van der Waals surface area contributed by atoms with E-state index in [9.17, 15) is 4.79 Å². The van der Waals surface area contributed by atoms with Crippen LogP contribution < -0.4 is 0 Å². The number of nitrogens with zero attached hydrogens (tertiary/aromatic N) is 3. The molecule has 0 N–H and O–H groups in total. The maximum absolute atomic E-state index is 11.5. The van der Waals surface area contributed by atoms with Crippen molar-refractivity contribution < 1.29 is 4.79 Å². The van der Waals surface area contributed by atoms with Gasteiger partial charge in [0.15, 0.2) is 0 Å². The average Bonchev–Trinajstić information content (AvgIpc) is 3.02. The van der Waals surface area contributed by atoms with Crippen LogP contribution in [0.2, 0.25) is 0 Å². The Bertz CT molecular complexity index is 554. The molecule has 25 heavy (non-hydrogen) atoms. The van der Waals surface area contributed by atoms with Crippen molar-refractivity contribution in [2.75, 3.05) is 39.3 Å². The van der Waals surface area contributed by atoms with Gasteiger partial charge in [-0.15, -0.1) is 0 Å². The van der Waals surface area contributed by atoms with Crippen molar-refractivity contribution in [3.05, 3.63) is 35.9 Å². The van der Waals surface area contributed by atoms with E-state index in [0.717, 1.165) is 32.6 Å². The predicted octanol–water partition coefficient (Wildman–Crippen LogP) is 2.49. The highest BCUT2D eigenvalue weighted by Gasteiger charge is 2.36. The molecule has 4 nitrogen and oxygen atoms in total. The molecule has 0 aromatic heterocycles. The number of hydrogen-bond acceptors (Lipinski definition) is 3. The molecule has 1 aromatic carbocycles. The topological polar surface area (TPSA) is 26.8 Å². The molecule has 0 spiro atoms.